The number of aromatic nitrogens is 2. The third-order valence-corrected chi connectivity index (χ3v) is 4.05. The van der Waals surface area contributed by atoms with Gasteiger partial charge < -0.3 is 5.73 Å². The molecule has 3 nitrogen and oxygen atoms in total. The van der Waals surface area contributed by atoms with Gasteiger partial charge in [0.05, 0.1) is 6.20 Å². The van der Waals surface area contributed by atoms with E-state index in [-0.39, 0.29) is 6.04 Å². The number of rotatable bonds is 3. The van der Waals surface area contributed by atoms with Gasteiger partial charge in [0.2, 0.25) is 0 Å². The van der Waals surface area contributed by atoms with Crippen molar-refractivity contribution >= 4 is 0 Å². The number of nitrogens with zero attached hydrogens (tertiary/aromatic N) is 2. The van der Waals surface area contributed by atoms with Crippen molar-refractivity contribution in [3.8, 4) is 0 Å². The zero-order valence-electron chi connectivity index (χ0n) is 9.74. The molecule has 1 aliphatic rings. The van der Waals surface area contributed by atoms with Gasteiger partial charge in [-0.05, 0) is 24.7 Å². The van der Waals surface area contributed by atoms with Gasteiger partial charge in [0.1, 0.15) is 0 Å². The van der Waals surface area contributed by atoms with E-state index >= 15 is 0 Å². The molecule has 1 aromatic heterocycles. The fourth-order valence-corrected chi connectivity index (χ4v) is 2.92. The number of nitrogens with two attached hydrogens (primary N) is 1. The summed E-state index contributed by atoms with van der Waals surface area (Å²) in [6, 6.07) is 0.165. The lowest BCUT2D eigenvalue weighted by Crippen LogP contribution is -2.31. The molecule has 1 heterocycles. The first-order valence-corrected chi connectivity index (χ1v) is 5.92. The molecule has 2 N–H and O–H groups in total. The molecule has 84 valence electrons. The van der Waals surface area contributed by atoms with Crippen LogP contribution in [0.15, 0.2) is 12.4 Å². The first-order valence-electron chi connectivity index (χ1n) is 5.92. The minimum atomic E-state index is 0.165. The van der Waals surface area contributed by atoms with Gasteiger partial charge in [0, 0.05) is 24.8 Å². The molecule has 1 saturated carbocycles. The van der Waals surface area contributed by atoms with Crippen LogP contribution in [-0.2, 0) is 7.05 Å². The monoisotopic (exact) mass is 207 g/mol. The molecule has 1 fully saturated rings. The van der Waals surface area contributed by atoms with Gasteiger partial charge in [-0.1, -0.05) is 19.8 Å². The van der Waals surface area contributed by atoms with Crippen LogP contribution in [0.1, 0.15) is 50.6 Å². The maximum absolute atomic E-state index is 6.41. The molecule has 3 heteroatoms. The van der Waals surface area contributed by atoms with Crippen molar-refractivity contribution in [1.82, 2.24) is 9.78 Å². The van der Waals surface area contributed by atoms with Crippen LogP contribution < -0.4 is 5.73 Å². The average Bonchev–Trinajstić information content (AvgIpc) is 2.86. The van der Waals surface area contributed by atoms with E-state index in [2.05, 4.69) is 18.2 Å². The summed E-state index contributed by atoms with van der Waals surface area (Å²) in [5.41, 5.74) is 7.94. The van der Waals surface area contributed by atoms with Gasteiger partial charge in [-0.2, -0.15) is 5.10 Å². The highest BCUT2D eigenvalue weighted by molar-refractivity contribution is 5.14. The molecule has 0 spiro atoms. The SMILES string of the molecule is CCC1(C(N)c2cnn(C)c2)CCCC1. The quantitative estimate of drug-likeness (QED) is 0.827. The Bertz CT molecular complexity index is 323. The summed E-state index contributed by atoms with van der Waals surface area (Å²) >= 11 is 0. The number of hydrogen-bond acceptors (Lipinski definition) is 2. The second-order valence-electron chi connectivity index (χ2n) is 4.85. The normalized spacial score (nSPS) is 21.8. The van der Waals surface area contributed by atoms with E-state index in [1.807, 2.05) is 17.9 Å². The van der Waals surface area contributed by atoms with Gasteiger partial charge in [-0.15, -0.1) is 0 Å². The van der Waals surface area contributed by atoms with Crippen LogP contribution in [0, 0.1) is 5.41 Å². The molecule has 1 aromatic rings. The van der Waals surface area contributed by atoms with E-state index < -0.39 is 0 Å². The Morgan fingerprint density at radius 1 is 1.53 bits per heavy atom. The maximum Gasteiger partial charge on any atom is 0.0537 e. The summed E-state index contributed by atoms with van der Waals surface area (Å²) in [6.45, 7) is 2.27. The second kappa shape index (κ2) is 3.97. The van der Waals surface area contributed by atoms with Crippen molar-refractivity contribution in [2.75, 3.05) is 0 Å². The third kappa shape index (κ3) is 1.81. The van der Waals surface area contributed by atoms with Gasteiger partial charge >= 0.3 is 0 Å². The minimum absolute atomic E-state index is 0.165. The van der Waals surface area contributed by atoms with Crippen molar-refractivity contribution in [3.63, 3.8) is 0 Å². The highest BCUT2D eigenvalue weighted by Crippen LogP contribution is 2.48. The summed E-state index contributed by atoms with van der Waals surface area (Å²) in [7, 11) is 1.95. The van der Waals surface area contributed by atoms with E-state index in [1.165, 1.54) is 37.7 Å². The summed E-state index contributed by atoms with van der Waals surface area (Å²) in [5, 5.41) is 4.21. The lowest BCUT2D eigenvalue weighted by atomic mass is 9.74. The fraction of sp³-hybridized carbons (Fsp3) is 0.750. The molecule has 0 aromatic carbocycles. The predicted octanol–water partition coefficient (Wildman–Crippen LogP) is 2.39. The summed E-state index contributed by atoms with van der Waals surface area (Å²) < 4.78 is 1.84. The van der Waals surface area contributed by atoms with Crippen molar-refractivity contribution in [2.45, 2.75) is 45.1 Å². The van der Waals surface area contributed by atoms with Crippen molar-refractivity contribution in [3.05, 3.63) is 18.0 Å². The first-order chi connectivity index (χ1) is 7.18. The Morgan fingerprint density at radius 2 is 2.20 bits per heavy atom. The molecule has 1 aliphatic carbocycles. The Labute approximate surface area is 91.7 Å². The van der Waals surface area contributed by atoms with Gasteiger partial charge in [-0.3, -0.25) is 4.68 Å². The van der Waals surface area contributed by atoms with E-state index in [0.717, 1.165) is 0 Å². The van der Waals surface area contributed by atoms with Crippen LogP contribution in [0.4, 0.5) is 0 Å². The van der Waals surface area contributed by atoms with Crippen LogP contribution in [0.2, 0.25) is 0 Å². The van der Waals surface area contributed by atoms with Crippen molar-refractivity contribution in [2.24, 2.45) is 18.2 Å². The Kier molecular flexibility index (Phi) is 2.83. The minimum Gasteiger partial charge on any atom is -0.323 e. The van der Waals surface area contributed by atoms with Gasteiger partial charge in [0.25, 0.3) is 0 Å². The summed E-state index contributed by atoms with van der Waals surface area (Å²) in [5.74, 6) is 0. The largest absolute Gasteiger partial charge is 0.323 e. The van der Waals surface area contributed by atoms with E-state index in [1.54, 1.807) is 0 Å². The molecule has 0 amide bonds. The van der Waals surface area contributed by atoms with E-state index in [4.69, 9.17) is 5.73 Å². The lowest BCUT2D eigenvalue weighted by molar-refractivity contribution is 0.222. The summed E-state index contributed by atoms with van der Waals surface area (Å²) in [6.07, 6.45) is 10.4. The molecule has 0 saturated heterocycles. The van der Waals surface area contributed by atoms with Crippen LogP contribution >= 0.6 is 0 Å². The molecule has 1 atom stereocenters. The molecule has 0 bridgehead atoms. The van der Waals surface area contributed by atoms with Crippen molar-refractivity contribution in [1.29, 1.82) is 0 Å². The molecule has 0 radical (unpaired) electrons. The fourth-order valence-electron chi connectivity index (χ4n) is 2.92. The summed E-state index contributed by atoms with van der Waals surface area (Å²) in [4.78, 5) is 0. The molecular weight excluding hydrogens is 186 g/mol. The second-order valence-corrected chi connectivity index (χ2v) is 4.85. The molecule has 15 heavy (non-hydrogen) atoms. The number of aryl methyl sites for hydroxylation is 1. The zero-order valence-corrected chi connectivity index (χ0v) is 9.74. The predicted molar refractivity (Wildman–Crippen MR) is 61.3 cm³/mol. The molecular formula is C12H21N3. The van der Waals surface area contributed by atoms with Crippen LogP contribution in [0.25, 0.3) is 0 Å². The van der Waals surface area contributed by atoms with Crippen molar-refractivity contribution < 1.29 is 0 Å². The highest BCUT2D eigenvalue weighted by atomic mass is 15.2. The van der Waals surface area contributed by atoms with Crippen LogP contribution in [-0.4, -0.2) is 9.78 Å². The Balaban J connectivity index is 2.21. The molecule has 2 rings (SSSR count). The maximum atomic E-state index is 6.41. The topological polar surface area (TPSA) is 43.8 Å². The Hall–Kier alpha value is -0.830. The zero-order chi connectivity index (χ0) is 10.9. The molecule has 0 aliphatic heterocycles. The number of hydrogen-bond donors (Lipinski definition) is 1. The van der Waals surface area contributed by atoms with E-state index in [9.17, 15) is 0 Å². The average molecular weight is 207 g/mol. The lowest BCUT2D eigenvalue weighted by Gasteiger charge is -2.33. The van der Waals surface area contributed by atoms with Crippen LogP contribution in [0.5, 0.6) is 0 Å². The van der Waals surface area contributed by atoms with E-state index in [0.29, 0.717) is 5.41 Å². The van der Waals surface area contributed by atoms with Gasteiger partial charge in [-0.25, -0.2) is 0 Å². The Morgan fingerprint density at radius 3 is 2.67 bits per heavy atom. The standard InChI is InChI=1S/C12H21N3/c1-3-12(6-4-5-7-12)11(13)10-8-14-15(2)9-10/h8-9,11H,3-7,13H2,1-2H3. The van der Waals surface area contributed by atoms with Crippen LogP contribution in [0.3, 0.4) is 0 Å². The molecule has 1 unspecified atom stereocenters. The third-order valence-electron chi connectivity index (χ3n) is 4.05. The first kappa shape index (κ1) is 10.7. The van der Waals surface area contributed by atoms with Gasteiger partial charge in [0.15, 0.2) is 0 Å². The highest BCUT2D eigenvalue weighted by Gasteiger charge is 2.38. The smallest absolute Gasteiger partial charge is 0.0537 e.